The summed E-state index contributed by atoms with van der Waals surface area (Å²) in [5.74, 6) is -0.679. The van der Waals surface area contributed by atoms with E-state index in [0.29, 0.717) is 5.75 Å². The summed E-state index contributed by atoms with van der Waals surface area (Å²) in [5, 5.41) is 3.96. The van der Waals surface area contributed by atoms with Crippen molar-refractivity contribution in [3.05, 3.63) is 83.7 Å². The van der Waals surface area contributed by atoms with Crippen LogP contribution in [0.1, 0.15) is 31.9 Å². The fraction of sp³-hybridized carbons (Fsp3) is 0.259. The second-order valence-electron chi connectivity index (χ2n) is 9.17. The van der Waals surface area contributed by atoms with Crippen molar-refractivity contribution in [3.63, 3.8) is 0 Å². The summed E-state index contributed by atoms with van der Waals surface area (Å²) in [5.41, 5.74) is 4.39. The molecule has 3 aromatic rings. The molecule has 0 saturated carbocycles. The molecule has 0 atom stereocenters. The molecule has 0 aliphatic carbocycles. The lowest BCUT2D eigenvalue weighted by Gasteiger charge is -2.24. The first-order valence-electron chi connectivity index (χ1n) is 11.4. The first-order valence-corrected chi connectivity index (χ1v) is 12.8. The number of hydrazone groups is 1. The van der Waals surface area contributed by atoms with E-state index in [-0.39, 0.29) is 21.7 Å². The van der Waals surface area contributed by atoms with Gasteiger partial charge in [-0.15, -0.1) is 0 Å². The second-order valence-corrected chi connectivity index (χ2v) is 11.0. The predicted octanol–water partition coefficient (Wildman–Crippen LogP) is 4.49. The molecule has 3 aromatic carbocycles. The number of hydrogen-bond acceptors (Lipinski definition) is 6. The van der Waals surface area contributed by atoms with Crippen molar-refractivity contribution in [1.29, 1.82) is 0 Å². The highest BCUT2D eigenvalue weighted by Gasteiger charge is 2.28. The number of sulfonamides is 1. The Morgan fingerprint density at radius 1 is 0.973 bits per heavy atom. The first-order chi connectivity index (χ1) is 17.5. The molecule has 196 valence electrons. The third kappa shape index (κ3) is 6.85. The molecule has 0 heterocycles. The lowest BCUT2D eigenvalue weighted by molar-refractivity contribution is -0.119. The van der Waals surface area contributed by atoms with Crippen LogP contribution in [0.4, 0.5) is 10.1 Å². The van der Waals surface area contributed by atoms with Crippen molar-refractivity contribution in [3.8, 4) is 11.5 Å². The van der Waals surface area contributed by atoms with Crippen molar-refractivity contribution < 1.29 is 27.1 Å². The highest BCUT2D eigenvalue weighted by atomic mass is 32.2. The maximum absolute atomic E-state index is 13.5. The zero-order chi connectivity index (χ0) is 27.2. The topological polar surface area (TPSA) is 97.3 Å². The van der Waals surface area contributed by atoms with Crippen LogP contribution in [0, 0.1) is 5.82 Å². The highest BCUT2D eigenvalue weighted by molar-refractivity contribution is 7.92. The smallest absolute Gasteiger partial charge is 0.264 e. The van der Waals surface area contributed by atoms with E-state index in [4.69, 9.17) is 9.47 Å². The van der Waals surface area contributed by atoms with Crippen molar-refractivity contribution in [2.75, 3.05) is 25.1 Å². The third-order valence-corrected chi connectivity index (χ3v) is 7.29. The van der Waals surface area contributed by atoms with Gasteiger partial charge in [-0.1, -0.05) is 45.0 Å². The Hall–Kier alpha value is -3.92. The lowest BCUT2D eigenvalue weighted by Crippen LogP contribution is -2.39. The summed E-state index contributed by atoms with van der Waals surface area (Å²) in [6, 6.07) is 16.6. The number of hydrogen-bond donors (Lipinski definition) is 1. The minimum atomic E-state index is -4.25. The van der Waals surface area contributed by atoms with Gasteiger partial charge >= 0.3 is 0 Å². The molecule has 8 nitrogen and oxygen atoms in total. The fourth-order valence-electron chi connectivity index (χ4n) is 3.44. The maximum atomic E-state index is 13.5. The Labute approximate surface area is 216 Å². The number of nitrogens with zero attached hydrogens (tertiary/aromatic N) is 2. The van der Waals surface area contributed by atoms with Gasteiger partial charge in [0.1, 0.15) is 12.4 Å². The molecule has 10 heteroatoms. The Morgan fingerprint density at radius 3 is 2.16 bits per heavy atom. The molecule has 0 saturated heterocycles. The van der Waals surface area contributed by atoms with Crippen LogP contribution in [0.2, 0.25) is 0 Å². The molecular formula is C27H30FN3O5S. The maximum Gasteiger partial charge on any atom is 0.264 e. The molecule has 37 heavy (non-hydrogen) atoms. The largest absolute Gasteiger partial charge is 0.493 e. The van der Waals surface area contributed by atoms with Crippen LogP contribution >= 0.6 is 0 Å². The van der Waals surface area contributed by atoms with Crippen molar-refractivity contribution in [1.82, 2.24) is 5.43 Å². The summed E-state index contributed by atoms with van der Waals surface area (Å²) >= 11 is 0. The van der Waals surface area contributed by atoms with E-state index >= 15 is 0 Å². The summed E-state index contributed by atoms with van der Waals surface area (Å²) in [7, 11) is -1.44. The first kappa shape index (κ1) is 27.7. The molecule has 0 aliphatic rings. The molecular weight excluding hydrogens is 497 g/mol. The average Bonchev–Trinajstić information content (AvgIpc) is 2.87. The van der Waals surface area contributed by atoms with Gasteiger partial charge in [-0.2, -0.15) is 5.10 Å². The van der Waals surface area contributed by atoms with Gasteiger partial charge < -0.3 is 9.47 Å². The van der Waals surface area contributed by atoms with Crippen LogP contribution in [-0.4, -0.2) is 41.3 Å². The molecule has 3 rings (SSSR count). The summed E-state index contributed by atoms with van der Waals surface area (Å²) < 4.78 is 51.9. The number of methoxy groups -OCH3 is 2. The van der Waals surface area contributed by atoms with E-state index in [9.17, 15) is 17.6 Å². The van der Waals surface area contributed by atoms with Gasteiger partial charge in [0.2, 0.25) is 0 Å². The zero-order valence-electron chi connectivity index (χ0n) is 21.4. The Kier molecular flexibility index (Phi) is 8.54. The van der Waals surface area contributed by atoms with E-state index in [1.165, 1.54) is 50.8 Å². The minimum Gasteiger partial charge on any atom is -0.493 e. The van der Waals surface area contributed by atoms with E-state index in [1.54, 1.807) is 0 Å². The van der Waals surface area contributed by atoms with Crippen LogP contribution in [0.5, 0.6) is 11.5 Å². The number of anilines is 1. The molecule has 1 amide bonds. The van der Waals surface area contributed by atoms with Crippen molar-refractivity contribution in [2.24, 2.45) is 5.10 Å². The van der Waals surface area contributed by atoms with Crippen molar-refractivity contribution >= 4 is 27.8 Å². The van der Waals surface area contributed by atoms with E-state index in [0.717, 1.165) is 27.6 Å². The number of halogens is 1. The van der Waals surface area contributed by atoms with Gasteiger partial charge in [0.15, 0.2) is 11.5 Å². The summed E-state index contributed by atoms with van der Waals surface area (Å²) in [6.07, 6.45) is 1.47. The number of benzene rings is 3. The number of ether oxygens (including phenoxy) is 2. The Balaban J connectivity index is 1.84. The number of nitrogens with one attached hydrogen (secondary N) is 1. The van der Waals surface area contributed by atoms with E-state index in [2.05, 4.69) is 31.3 Å². The van der Waals surface area contributed by atoms with Gasteiger partial charge in [-0.3, -0.25) is 9.10 Å². The van der Waals surface area contributed by atoms with E-state index in [1.807, 2.05) is 24.3 Å². The van der Waals surface area contributed by atoms with Gasteiger partial charge in [-0.25, -0.2) is 18.2 Å². The van der Waals surface area contributed by atoms with Gasteiger partial charge in [0.05, 0.1) is 31.0 Å². The van der Waals surface area contributed by atoms with Crippen LogP contribution in [0.3, 0.4) is 0 Å². The van der Waals surface area contributed by atoms with Gasteiger partial charge in [0.25, 0.3) is 15.9 Å². The highest BCUT2D eigenvalue weighted by Crippen LogP contribution is 2.32. The zero-order valence-corrected chi connectivity index (χ0v) is 22.2. The number of carbonyl (C=O) groups is 1. The second kappa shape index (κ2) is 11.4. The fourth-order valence-corrected chi connectivity index (χ4v) is 4.88. The molecule has 1 N–H and O–H groups in total. The lowest BCUT2D eigenvalue weighted by atomic mass is 9.87. The normalized spacial score (nSPS) is 11.8. The van der Waals surface area contributed by atoms with Crippen LogP contribution in [0.25, 0.3) is 0 Å². The SMILES string of the molecule is COc1ccc(S(=O)(=O)N(CC(=O)N/N=C\c2ccc(C(C)(C)C)cc2)c2ccc(F)cc2)cc1OC. The molecule has 0 spiro atoms. The molecule has 0 unspecified atom stereocenters. The number of amides is 1. The quantitative estimate of drug-likeness (QED) is 0.327. The number of carbonyl (C=O) groups excluding carboxylic acids is 1. The third-order valence-electron chi connectivity index (χ3n) is 5.52. The van der Waals surface area contributed by atoms with Crippen LogP contribution in [0.15, 0.2) is 76.7 Å². The Morgan fingerprint density at radius 2 is 1.59 bits per heavy atom. The Bertz CT molecular complexity index is 1370. The molecule has 0 fully saturated rings. The molecule has 0 radical (unpaired) electrons. The molecule has 0 aromatic heterocycles. The summed E-state index contributed by atoms with van der Waals surface area (Å²) in [4.78, 5) is 12.6. The number of rotatable bonds is 9. The standard InChI is InChI=1S/C27H30FN3O5S/c1-27(2,3)20-8-6-19(7-9-20)17-29-30-26(32)18-31(22-12-10-21(28)11-13-22)37(33,34)23-14-15-24(35-4)25(16-23)36-5/h6-17H,18H2,1-5H3,(H,30,32)/b29-17-. The minimum absolute atomic E-state index is 0.00704. The van der Waals surface area contributed by atoms with Gasteiger partial charge in [0, 0.05) is 6.07 Å². The van der Waals surface area contributed by atoms with Crippen LogP contribution in [-0.2, 0) is 20.2 Å². The molecule has 0 bridgehead atoms. The predicted molar refractivity (Wildman–Crippen MR) is 141 cm³/mol. The van der Waals surface area contributed by atoms with E-state index < -0.39 is 28.3 Å². The monoisotopic (exact) mass is 527 g/mol. The van der Waals surface area contributed by atoms with Crippen molar-refractivity contribution in [2.45, 2.75) is 31.1 Å². The average molecular weight is 528 g/mol. The molecule has 0 aliphatic heterocycles. The summed E-state index contributed by atoms with van der Waals surface area (Å²) in [6.45, 7) is 5.74. The van der Waals surface area contributed by atoms with Crippen LogP contribution < -0.4 is 19.2 Å². The van der Waals surface area contributed by atoms with Gasteiger partial charge in [-0.05, 0) is 52.9 Å².